The smallest absolute Gasteiger partial charge is 0.230 e. The fraction of sp³-hybridized carbons (Fsp3) is 0.611. The molecule has 1 saturated carbocycles. The molecule has 2 aliphatic rings. The van der Waals surface area contributed by atoms with Crippen LogP contribution in [0.2, 0.25) is 0 Å². The maximum Gasteiger partial charge on any atom is 0.230 e. The normalized spacial score (nSPS) is 25.1. The molecule has 0 spiro atoms. The van der Waals surface area contributed by atoms with Crippen LogP contribution in [-0.2, 0) is 25.5 Å². The number of hydrogen-bond donors (Lipinski definition) is 1. The summed E-state index contributed by atoms with van der Waals surface area (Å²) in [5.74, 6) is 0.256. The summed E-state index contributed by atoms with van der Waals surface area (Å²) in [6.45, 7) is 6.51. The number of rotatable bonds is 3. The maximum absolute atomic E-state index is 12.7. The maximum atomic E-state index is 12.7. The number of benzene rings is 1. The average molecular weight is 335 g/mol. The van der Waals surface area contributed by atoms with Gasteiger partial charge in [-0.1, -0.05) is 45.0 Å². The molecule has 1 N–H and O–H groups in total. The van der Waals surface area contributed by atoms with Crippen LogP contribution >= 0.6 is 0 Å². The summed E-state index contributed by atoms with van der Waals surface area (Å²) in [6, 6.07) is 8.08. The molecule has 0 bridgehead atoms. The molecule has 5 heteroatoms. The van der Waals surface area contributed by atoms with Crippen molar-refractivity contribution in [3.63, 3.8) is 0 Å². The molecule has 0 radical (unpaired) electrons. The molecule has 0 aromatic heterocycles. The van der Waals surface area contributed by atoms with Crippen molar-refractivity contribution < 1.29 is 13.2 Å². The van der Waals surface area contributed by atoms with Gasteiger partial charge in [-0.15, -0.1) is 0 Å². The minimum atomic E-state index is -2.97. The zero-order chi connectivity index (χ0) is 16.9. The van der Waals surface area contributed by atoms with E-state index in [4.69, 9.17) is 0 Å². The van der Waals surface area contributed by atoms with E-state index in [-0.39, 0.29) is 28.9 Å². The van der Waals surface area contributed by atoms with E-state index in [2.05, 4.69) is 50.4 Å². The van der Waals surface area contributed by atoms with Crippen molar-refractivity contribution in [3.8, 4) is 0 Å². The topological polar surface area (TPSA) is 63.2 Å². The van der Waals surface area contributed by atoms with Crippen molar-refractivity contribution in [3.05, 3.63) is 35.4 Å². The van der Waals surface area contributed by atoms with E-state index >= 15 is 0 Å². The van der Waals surface area contributed by atoms with Crippen LogP contribution in [-0.4, -0.2) is 31.9 Å². The first-order chi connectivity index (χ1) is 10.6. The highest BCUT2D eigenvalue weighted by atomic mass is 32.2. The van der Waals surface area contributed by atoms with Gasteiger partial charge in [0.15, 0.2) is 9.84 Å². The Hall–Kier alpha value is -1.36. The van der Waals surface area contributed by atoms with Gasteiger partial charge in [0.25, 0.3) is 0 Å². The Morgan fingerprint density at radius 3 is 2.22 bits per heavy atom. The lowest BCUT2D eigenvalue weighted by molar-refractivity contribution is -0.124. The second-order valence-corrected chi connectivity index (χ2v) is 10.2. The molecular weight excluding hydrogens is 310 g/mol. The molecule has 1 heterocycles. The molecule has 126 valence electrons. The molecule has 1 aromatic carbocycles. The van der Waals surface area contributed by atoms with Gasteiger partial charge in [-0.3, -0.25) is 4.79 Å². The second kappa shape index (κ2) is 5.33. The van der Waals surface area contributed by atoms with Crippen LogP contribution in [0.1, 0.15) is 51.2 Å². The fourth-order valence-corrected chi connectivity index (χ4v) is 4.97. The third-order valence-electron chi connectivity index (χ3n) is 5.06. The van der Waals surface area contributed by atoms with Gasteiger partial charge >= 0.3 is 0 Å². The number of amides is 1. The van der Waals surface area contributed by atoms with Gasteiger partial charge in [0.05, 0.1) is 16.9 Å². The average Bonchev–Trinajstić information content (AvgIpc) is 3.19. The number of nitrogens with one attached hydrogen (secondary N) is 1. The Morgan fingerprint density at radius 2 is 1.78 bits per heavy atom. The molecule has 0 unspecified atom stereocenters. The van der Waals surface area contributed by atoms with Gasteiger partial charge in [-0.25, -0.2) is 8.42 Å². The Labute approximate surface area is 138 Å². The molecule has 1 aliphatic carbocycles. The lowest BCUT2D eigenvalue weighted by Gasteiger charge is -2.22. The molecule has 3 rings (SSSR count). The fourth-order valence-electron chi connectivity index (χ4n) is 3.29. The Morgan fingerprint density at radius 1 is 1.17 bits per heavy atom. The van der Waals surface area contributed by atoms with Crippen molar-refractivity contribution in [2.45, 2.75) is 56.9 Å². The Kier molecular flexibility index (Phi) is 3.82. The van der Waals surface area contributed by atoms with Crippen LogP contribution in [0.25, 0.3) is 0 Å². The number of carbonyl (C=O) groups excluding carboxylic acids is 1. The van der Waals surface area contributed by atoms with Crippen molar-refractivity contribution in [1.82, 2.24) is 5.32 Å². The molecule has 1 aromatic rings. The molecule has 1 amide bonds. The Balaban J connectivity index is 1.73. The van der Waals surface area contributed by atoms with Crippen LogP contribution in [0.4, 0.5) is 0 Å². The summed E-state index contributed by atoms with van der Waals surface area (Å²) in [6.07, 6.45) is 2.22. The van der Waals surface area contributed by atoms with Gasteiger partial charge in [0.1, 0.15) is 0 Å². The number of sulfone groups is 1. The Bertz CT molecular complexity index is 710. The van der Waals surface area contributed by atoms with Gasteiger partial charge in [-0.2, -0.15) is 0 Å². The summed E-state index contributed by atoms with van der Waals surface area (Å²) in [4.78, 5) is 12.7. The van der Waals surface area contributed by atoms with Gasteiger partial charge < -0.3 is 5.32 Å². The van der Waals surface area contributed by atoms with E-state index < -0.39 is 15.3 Å². The predicted molar refractivity (Wildman–Crippen MR) is 91.3 cm³/mol. The predicted octanol–water partition coefficient (Wildman–Crippen LogP) is 2.32. The molecule has 4 nitrogen and oxygen atoms in total. The van der Waals surface area contributed by atoms with Crippen LogP contribution in [0.5, 0.6) is 0 Å². The highest BCUT2D eigenvalue weighted by Gasteiger charge is 2.52. The van der Waals surface area contributed by atoms with Crippen LogP contribution in [0.15, 0.2) is 24.3 Å². The molecule has 1 aliphatic heterocycles. The summed E-state index contributed by atoms with van der Waals surface area (Å²) in [7, 11) is -2.97. The molecule has 23 heavy (non-hydrogen) atoms. The van der Waals surface area contributed by atoms with Crippen LogP contribution < -0.4 is 5.32 Å². The standard InChI is InChI=1S/C18H25NO3S/c1-17(2,3)13-4-6-14(7-5-13)18(9-10-18)16(20)19-15-8-11-23(21,22)12-15/h4-7,15H,8-12H2,1-3H3,(H,19,20)/t15-/m0/s1. The van der Waals surface area contributed by atoms with Crippen molar-refractivity contribution in [1.29, 1.82) is 0 Å². The van der Waals surface area contributed by atoms with E-state index in [1.54, 1.807) is 0 Å². The van der Waals surface area contributed by atoms with Crippen LogP contribution in [0, 0.1) is 0 Å². The molecule has 1 saturated heterocycles. The first-order valence-electron chi connectivity index (χ1n) is 8.25. The van der Waals surface area contributed by atoms with E-state index in [1.165, 1.54) is 5.56 Å². The zero-order valence-electron chi connectivity index (χ0n) is 14.1. The van der Waals surface area contributed by atoms with Crippen molar-refractivity contribution in [2.24, 2.45) is 0 Å². The first kappa shape index (κ1) is 16.5. The van der Waals surface area contributed by atoms with Crippen molar-refractivity contribution in [2.75, 3.05) is 11.5 Å². The molecule has 1 atom stereocenters. The quantitative estimate of drug-likeness (QED) is 0.922. The van der Waals surface area contributed by atoms with E-state index in [0.717, 1.165) is 18.4 Å². The second-order valence-electron chi connectivity index (χ2n) is 7.98. The SMILES string of the molecule is CC(C)(C)c1ccc(C2(C(=O)N[C@H]3CCS(=O)(=O)C3)CC2)cc1. The lowest BCUT2D eigenvalue weighted by atomic mass is 9.85. The third kappa shape index (κ3) is 3.30. The van der Waals surface area contributed by atoms with Gasteiger partial charge in [0, 0.05) is 6.04 Å². The zero-order valence-corrected chi connectivity index (χ0v) is 14.9. The third-order valence-corrected chi connectivity index (χ3v) is 6.82. The largest absolute Gasteiger partial charge is 0.352 e. The van der Waals surface area contributed by atoms with E-state index in [1.807, 2.05) is 0 Å². The lowest BCUT2D eigenvalue weighted by Crippen LogP contribution is -2.42. The highest BCUT2D eigenvalue weighted by Crippen LogP contribution is 2.48. The van der Waals surface area contributed by atoms with E-state index in [0.29, 0.717) is 6.42 Å². The van der Waals surface area contributed by atoms with Gasteiger partial charge in [0.2, 0.25) is 5.91 Å². The minimum absolute atomic E-state index is 0.0110. The van der Waals surface area contributed by atoms with Gasteiger partial charge in [-0.05, 0) is 35.8 Å². The van der Waals surface area contributed by atoms with Crippen molar-refractivity contribution >= 4 is 15.7 Å². The molecular formula is C18H25NO3S. The monoisotopic (exact) mass is 335 g/mol. The van der Waals surface area contributed by atoms with Crippen LogP contribution in [0.3, 0.4) is 0 Å². The summed E-state index contributed by atoms with van der Waals surface area (Å²) in [5.41, 5.74) is 1.95. The highest BCUT2D eigenvalue weighted by molar-refractivity contribution is 7.91. The molecule has 2 fully saturated rings. The summed E-state index contributed by atoms with van der Waals surface area (Å²) >= 11 is 0. The minimum Gasteiger partial charge on any atom is -0.352 e. The van der Waals surface area contributed by atoms with E-state index in [9.17, 15) is 13.2 Å². The first-order valence-corrected chi connectivity index (χ1v) is 10.1. The number of hydrogen-bond acceptors (Lipinski definition) is 3. The number of carbonyl (C=O) groups is 1. The summed E-state index contributed by atoms with van der Waals surface area (Å²) in [5, 5.41) is 2.96. The summed E-state index contributed by atoms with van der Waals surface area (Å²) < 4.78 is 23.1.